The van der Waals surface area contributed by atoms with E-state index in [-0.39, 0.29) is 5.84 Å². The fourth-order valence-electron chi connectivity index (χ4n) is 1.65. The number of aryl methyl sites for hydroxylation is 1. The fourth-order valence-corrected chi connectivity index (χ4v) is 1.65. The third kappa shape index (κ3) is 3.48. The average Bonchev–Trinajstić information content (AvgIpc) is 2.46. The lowest BCUT2D eigenvalue weighted by Crippen LogP contribution is -2.12. The van der Waals surface area contributed by atoms with Crippen LogP contribution >= 0.6 is 0 Å². The Morgan fingerprint density at radius 1 is 1.21 bits per heavy atom. The molecule has 4 nitrogen and oxygen atoms in total. The van der Waals surface area contributed by atoms with Gasteiger partial charge in [-0.1, -0.05) is 47.1 Å². The summed E-state index contributed by atoms with van der Waals surface area (Å²) in [5.41, 5.74) is 8.48. The molecule has 0 saturated heterocycles. The molecule has 0 heterocycles. The minimum atomic E-state index is 0.0702. The lowest BCUT2D eigenvalue weighted by molar-refractivity contribution is 0.306. The maximum atomic E-state index is 8.64. The van der Waals surface area contributed by atoms with Crippen LogP contribution in [0.4, 0.5) is 0 Å². The van der Waals surface area contributed by atoms with Gasteiger partial charge in [-0.25, -0.2) is 0 Å². The number of ether oxygens (including phenoxy) is 1. The monoisotopic (exact) mass is 256 g/mol. The van der Waals surface area contributed by atoms with E-state index in [1.54, 1.807) is 18.2 Å². The van der Waals surface area contributed by atoms with Gasteiger partial charge in [-0.15, -0.1) is 0 Å². The Kier molecular flexibility index (Phi) is 4.03. The average molecular weight is 256 g/mol. The SMILES string of the molecule is Cc1ccc(COc2cccc(/C(N)=N/O)c2)cc1. The lowest BCUT2D eigenvalue weighted by Gasteiger charge is -2.08. The number of nitrogens with zero attached hydrogens (tertiary/aromatic N) is 1. The molecule has 2 aromatic rings. The second kappa shape index (κ2) is 5.91. The van der Waals surface area contributed by atoms with Gasteiger partial charge in [-0.05, 0) is 24.6 Å². The van der Waals surface area contributed by atoms with Crippen molar-refractivity contribution in [3.05, 3.63) is 65.2 Å². The normalized spacial score (nSPS) is 11.3. The third-order valence-corrected chi connectivity index (χ3v) is 2.76. The van der Waals surface area contributed by atoms with Crippen LogP contribution in [0, 0.1) is 6.92 Å². The summed E-state index contributed by atoms with van der Waals surface area (Å²) in [5.74, 6) is 0.755. The number of hydrogen-bond donors (Lipinski definition) is 2. The highest BCUT2D eigenvalue weighted by molar-refractivity contribution is 5.97. The number of nitrogens with two attached hydrogens (primary N) is 1. The molecular weight excluding hydrogens is 240 g/mol. The Morgan fingerprint density at radius 2 is 1.95 bits per heavy atom. The first-order chi connectivity index (χ1) is 9.19. The molecule has 0 aliphatic heterocycles. The Balaban J connectivity index is 2.05. The zero-order valence-electron chi connectivity index (χ0n) is 10.7. The van der Waals surface area contributed by atoms with Crippen molar-refractivity contribution >= 4 is 5.84 Å². The van der Waals surface area contributed by atoms with Crippen LogP contribution in [0.1, 0.15) is 16.7 Å². The highest BCUT2D eigenvalue weighted by Crippen LogP contribution is 2.15. The fraction of sp³-hybridized carbons (Fsp3) is 0.133. The van der Waals surface area contributed by atoms with Gasteiger partial charge in [0.25, 0.3) is 0 Å². The Morgan fingerprint density at radius 3 is 2.63 bits per heavy atom. The van der Waals surface area contributed by atoms with Crippen molar-refractivity contribution in [3.8, 4) is 5.75 Å². The molecule has 3 N–H and O–H groups in total. The van der Waals surface area contributed by atoms with Gasteiger partial charge in [0.1, 0.15) is 12.4 Å². The van der Waals surface area contributed by atoms with E-state index in [0.717, 1.165) is 5.56 Å². The maximum absolute atomic E-state index is 8.64. The maximum Gasteiger partial charge on any atom is 0.170 e. The van der Waals surface area contributed by atoms with Crippen molar-refractivity contribution < 1.29 is 9.94 Å². The highest BCUT2D eigenvalue weighted by atomic mass is 16.5. The van der Waals surface area contributed by atoms with Crippen molar-refractivity contribution in [3.63, 3.8) is 0 Å². The van der Waals surface area contributed by atoms with E-state index in [1.165, 1.54) is 5.56 Å². The molecule has 0 aliphatic carbocycles. The van der Waals surface area contributed by atoms with Crippen molar-refractivity contribution in [2.24, 2.45) is 10.9 Å². The summed E-state index contributed by atoms with van der Waals surface area (Å²) < 4.78 is 5.68. The summed E-state index contributed by atoms with van der Waals surface area (Å²) in [6.07, 6.45) is 0. The first kappa shape index (κ1) is 13.0. The number of hydrogen-bond acceptors (Lipinski definition) is 3. The summed E-state index contributed by atoms with van der Waals surface area (Å²) >= 11 is 0. The van der Waals surface area contributed by atoms with Gasteiger partial charge in [0.15, 0.2) is 5.84 Å². The lowest BCUT2D eigenvalue weighted by atomic mass is 10.1. The minimum Gasteiger partial charge on any atom is -0.489 e. The van der Waals surface area contributed by atoms with Crippen LogP contribution in [0.3, 0.4) is 0 Å². The van der Waals surface area contributed by atoms with Crippen LogP contribution in [-0.4, -0.2) is 11.0 Å². The molecule has 0 aromatic heterocycles. The van der Waals surface area contributed by atoms with E-state index >= 15 is 0 Å². The molecule has 0 atom stereocenters. The zero-order chi connectivity index (χ0) is 13.7. The van der Waals surface area contributed by atoms with Crippen LogP contribution in [0.2, 0.25) is 0 Å². The second-order valence-corrected chi connectivity index (χ2v) is 4.29. The number of amidine groups is 1. The van der Waals surface area contributed by atoms with Crippen molar-refractivity contribution in [1.82, 2.24) is 0 Å². The van der Waals surface area contributed by atoms with Crippen molar-refractivity contribution in [2.45, 2.75) is 13.5 Å². The Labute approximate surface area is 112 Å². The summed E-state index contributed by atoms with van der Waals surface area (Å²) in [6, 6.07) is 15.3. The standard InChI is InChI=1S/C15H16N2O2/c1-11-5-7-12(8-6-11)10-19-14-4-2-3-13(9-14)15(16)17-18/h2-9,18H,10H2,1H3,(H2,16,17). The summed E-state index contributed by atoms with van der Waals surface area (Å²) in [6.45, 7) is 2.53. The molecule has 98 valence electrons. The van der Waals surface area contributed by atoms with Crippen LogP contribution in [0.15, 0.2) is 53.7 Å². The quantitative estimate of drug-likeness (QED) is 0.382. The highest BCUT2D eigenvalue weighted by Gasteiger charge is 2.01. The van der Waals surface area contributed by atoms with E-state index < -0.39 is 0 Å². The first-order valence-electron chi connectivity index (χ1n) is 5.95. The molecule has 0 spiro atoms. The predicted octanol–water partition coefficient (Wildman–Crippen LogP) is 2.67. The summed E-state index contributed by atoms with van der Waals surface area (Å²) in [4.78, 5) is 0. The van der Waals surface area contributed by atoms with E-state index in [4.69, 9.17) is 15.7 Å². The minimum absolute atomic E-state index is 0.0702. The molecule has 0 amide bonds. The van der Waals surface area contributed by atoms with Gasteiger partial charge >= 0.3 is 0 Å². The molecule has 0 radical (unpaired) electrons. The van der Waals surface area contributed by atoms with Crippen LogP contribution in [0.25, 0.3) is 0 Å². The molecule has 2 rings (SSSR count). The molecule has 4 heteroatoms. The van der Waals surface area contributed by atoms with Gasteiger partial charge in [0, 0.05) is 5.56 Å². The number of benzene rings is 2. The van der Waals surface area contributed by atoms with Gasteiger partial charge in [0.2, 0.25) is 0 Å². The zero-order valence-corrected chi connectivity index (χ0v) is 10.7. The van der Waals surface area contributed by atoms with Crippen LogP contribution in [-0.2, 0) is 6.61 Å². The summed E-state index contributed by atoms with van der Waals surface area (Å²) in [7, 11) is 0. The molecule has 2 aromatic carbocycles. The van der Waals surface area contributed by atoms with Gasteiger partial charge in [-0.3, -0.25) is 0 Å². The van der Waals surface area contributed by atoms with Crippen LogP contribution < -0.4 is 10.5 Å². The van der Waals surface area contributed by atoms with E-state index in [0.29, 0.717) is 17.9 Å². The van der Waals surface area contributed by atoms with Crippen LogP contribution in [0.5, 0.6) is 5.75 Å². The third-order valence-electron chi connectivity index (χ3n) is 2.76. The number of oxime groups is 1. The Hall–Kier alpha value is -2.49. The molecule has 0 fully saturated rings. The molecule has 0 unspecified atom stereocenters. The predicted molar refractivity (Wildman–Crippen MR) is 74.5 cm³/mol. The molecular formula is C15H16N2O2. The molecule has 0 aliphatic rings. The largest absolute Gasteiger partial charge is 0.489 e. The topological polar surface area (TPSA) is 67.8 Å². The van der Waals surface area contributed by atoms with E-state index in [2.05, 4.69) is 5.16 Å². The smallest absolute Gasteiger partial charge is 0.170 e. The molecule has 0 bridgehead atoms. The molecule has 19 heavy (non-hydrogen) atoms. The van der Waals surface area contributed by atoms with E-state index in [1.807, 2.05) is 37.3 Å². The van der Waals surface area contributed by atoms with Gasteiger partial charge in [-0.2, -0.15) is 0 Å². The van der Waals surface area contributed by atoms with E-state index in [9.17, 15) is 0 Å². The van der Waals surface area contributed by atoms with Crippen molar-refractivity contribution in [1.29, 1.82) is 0 Å². The molecule has 0 saturated carbocycles. The first-order valence-corrected chi connectivity index (χ1v) is 5.95. The Bertz CT molecular complexity index is 577. The van der Waals surface area contributed by atoms with Crippen molar-refractivity contribution in [2.75, 3.05) is 0 Å². The summed E-state index contributed by atoms with van der Waals surface area (Å²) in [5, 5.41) is 11.6. The second-order valence-electron chi connectivity index (χ2n) is 4.29. The number of rotatable bonds is 4. The van der Waals surface area contributed by atoms with Gasteiger partial charge < -0.3 is 15.7 Å². The van der Waals surface area contributed by atoms with Gasteiger partial charge in [0.05, 0.1) is 0 Å².